The molecule has 14 heavy (non-hydrogen) atoms. The van der Waals surface area contributed by atoms with E-state index in [1.54, 1.807) is 6.92 Å². The van der Waals surface area contributed by atoms with Crippen molar-refractivity contribution in [3.05, 3.63) is 32.6 Å². The van der Waals surface area contributed by atoms with E-state index in [2.05, 4.69) is 4.98 Å². The summed E-state index contributed by atoms with van der Waals surface area (Å²) in [5, 5.41) is 9.22. The van der Waals surface area contributed by atoms with Crippen molar-refractivity contribution in [2.75, 3.05) is 6.54 Å². The number of aryl methyl sites for hydroxylation is 1. The zero-order valence-corrected chi connectivity index (χ0v) is 7.86. The summed E-state index contributed by atoms with van der Waals surface area (Å²) in [5.41, 5.74) is 4.68. The molecule has 6 heteroatoms. The SMILES string of the molecule is Cc1cn(CC(O)CN)c(=O)[nH]c1=O. The van der Waals surface area contributed by atoms with Gasteiger partial charge in [0.25, 0.3) is 5.56 Å². The summed E-state index contributed by atoms with van der Waals surface area (Å²) in [4.78, 5) is 24.3. The van der Waals surface area contributed by atoms with Crippen LogP contribution in [0.2, 0.25) is 0 Å². The molecular formula is C8H13N3O3. The monoisotopic (exact) mass is 199 g/mol. The minimum atomic E-state index is -0.780. The second-order valence-electron chi connectivity index (χ2n) is 3.11. The molecule has 0 radical (unpaired) electrons. The van der Waals surface area contributed by atoms with Crippen LogP contribution >= 0.6 is 0 Å². The summed E-state index contributed by atoms with van der Waals surface area (Å²) in [6, 6.07) is 0. The summed E-state index contributed by atoms with van der Waals surface area (Å²) in [5.74, 6) is 0. The van der Waals surface area contributed by atoms with Crippen LogP contribution in [0.3, 0.4) is 0 Å². The molecule has 6 nitrogen and oxygen atoms in total. The van der Waals surface area contributed by atoms with Gasteiger partial charge in [-0.15, -0.1) is 0 Å². The smallest absolute Gasteiger partial charge is 0.328 e. The fraction of sp³-hybridized carbons (Fsp3) is 0.500. The molecular weight excluding hydrogens is 186 g/mol. The molecule has 1 unspecified atom stereocenters. The standard InChI is InChI=1S/C8H13N3O3/c1-5-3-11(4-6(12)2-9)8(14)10-7(5)13/h3,6,12H,2,4,9H2,1H3,(H,10,13,14). The normalized spacial score (nSPS) is 12.8. The van der Waals surface area contributed by atoms with Crippen molar-refractivity contribution >= 4 is 0 Å². The number of aliphatic hydroxyl groups excluding tert-OH is 1. The van der Waals surface area contributed by atoms with Crippen molar-refractivity contribution in [3.63, 3.8) is 0 Å². The van der Waals surface area contributed by atoms with Gasteiger partial charge in [0, 0.05) is 18.3 Å². The maximum Gasteiger partial charge on any atom is 0.328 e. The first-order valence-corrected chi connectivity index (χ1v) is 4.23. The number of hydrogen-bond acceptors (Lipinski definition) is 4. The molecule has 1 aromatic rings. The zero-order valence-electron chi connectivity index (χ0n) is 7.86. The number of H-pyrrole nitrogens is 1. The highest BCUT2D eigenvalue weighted by Gasteiger charge is 2.05. The van der Waals surface area contributed by atoms with Crippen molar-refractivity contribution in [2.45, 2.75) is 19.6 Å². The molecule has 1 aromatic heterocycles. The maximum atomic E-state index is 11.2. The van der Waals surface area contributed by atoms with E-state index in [4.69, 9.17) is 5.73 Å². The Morgan fingerprint density at radius 1 is 1.64 bits per heavy atom. The van der Waals surface area contributed by atoms with Gasteiger partial charge in [-0.1, -0.05) is 0 Å². The van der Waals surface area contributed by atoms with Gasteiger partial charge in [-0.05, 0) is 6.92 Å². The first kappa shape index (κ1) is 10.7. The first-order valence-electron chi connectivity index (χ1n) is 4.23. The first-order chi connectivity index (χ1) is 6.54. The molecule has 4 N–H and O–H groups in total. The van der Waals surface area contributed by atoms with Gasteiger partial charge in [-0.3, -0.25) is 14.3 Å². The van der Waals surface area contributed by atoms with Crippen LogP contribution in [-0.4, -0.2) is 27.3 Å². The van der Waals surface area contributed by atoms with Crippen molar-refractivity contribution in [2.24, 2.45) is 5.73 Å². The van der Waals surface area contributed by atoms with Gasteiger partial charge in [0.15, 0.2) is 0 Å². The van der Waals surface area contributed by atoms with Gasteiger partial charge in [0.2, 0.25) is 0 Å². The summed E-state index contributed by atoms with van der Waals surface area (Å²) in [6.07, 6.45) is 0.623. The summed E-state index contributed by atoms with van der Waals surface area (Å²) in [6.45, 7) is 1.75. The number of aromatic nitrogens is 2. The average Bonchev–Trinajstić information content (AvgIpc) is 2.14. The van der Waals surface area contributed by atoms with Crippen molar-refractivity contribution in [1.82, 2.24) is 9.55 Å². The van der Waals surface area contributed by atoms with E-state index in [1.165, 1.54) is 10.8 Å². The highest BCUT2D eigenvalue weighted by Crippen LogP contribution is 1.88. The Morgan fingerprint density at radius 3 is 2.86 bits per heavy atom. The molecule has 0 spiro atoms. The fourth-order valence-electron chi connectivity index (χ4n) is 1.06. The van der Waals surface area contributed by atoms with Crippen LogP contribution in [0.15, 0.2) is 15.8 Å². The molecule has 0 saturated heterocycles. The Labute approximate surface area is 80.0 Å². The zero-order chi connectivity index (χ0) is 10.7. The predicted molar refractivity (Wildman–Crippen MR) is 51.1 cm³/mol. The Balaban J connectivity index is 3.04. The summed E-state index contributed by atoms with van der Waals surface area (Å²) in [7, 11) is 0. The lowest BCUT2D eigenvalue weighted by Crippen LogP contribution is -2.35. The molecule has 0 aliphatic rings. The molecule has 1 rings (SSSR count). The molecule has 0 fully saturated rings. The van der Waals surface area contributed by atoms with Crippen molar-refractivity contribution < 1.29 is 5.11 Å². The Bertz CT molecular complexity index is 421. The second-order valence-corrected chi connectivity index (χ2v) is 3.11. The average molecular weight is 199 g/mol. The number of hydrogen-bond donors (Lipinski definition) is 3. The van der Waals surface area contributed by atoms with E-state index in [9.17, 15) is 14.7 Å². The third kappa shape index (κ3) is 2.30. The summed E-state index contributed by atoms with van der Waals surface area (Å²) < 4.78 is 1.23. The molecule has 0 aliphatic carbocycles. The van der Waals surface area contributed by atoms with Crippen LogP contribution in [0, 0.1) is 6.92 Å². The van der Waals surface area contributed by atoms with Gasteiger partial charge in [0.1, 0.15) is 0 Å². The van der Waals surface area contributed by atoms with Crippen LogP contribution in [0.5, 0.6) is 0 Å². The van der Waals surface area contributed by atoms with Gasteiger partial charge >= 0.3 is 5.69 Å². The Morgan fingerprint density at radius 2 is 2.29 bits per heavy atom. The number of rotatable bonds is 3. The van der Waals surface area contributed by atoms with Gasteiger partial charge in [-0.2, -0.15) is 0 Å². The molecule has 1 heterocycles. The number of aliphatic hydroxyl groups is 1. The van der Waals surface area contributed by atoms with Crippen LogP contribution in [0.4, 0.5) is 0 Å². The quantitative estimate of drug-likeness (QED) is 0.532. The lowest BCUT2D eigenvalue weighted by atomic mass is 10.3. The molecule has 78 valence electrons. The number of nitrogens with one attached hydrogen (secondary N) is 1. The van der Waals surface area contributed by atoms with E-state index in [0.29, 0.717) is 5.56 Å². The third-order valence-electron chi connectivity index (χ3n) is 1.87. The van der Waals surface area contributed by atoms with Crippen molar-refractivity contribution in [3.8, 4) is 0 Å². The molecule has 0 aromatic carbocycles. The fourth-order valence-corrected chi connectivity index (χ4v) is 1.06. The highest BCUT2D eigenvalue weighted by atomic mass is 16.3. The number of aromatic amines is 1. The van der Waals surface area contributed by atoms with Gasteiger partial charge in [0.05, 0.1) is 12.6 Å². The molecule has 0 amide bonds. The maximum absolute atomic E-state index is 11.2. The second kappa shape index (κ2) is 4.21. The lowest BCUT2D eigenvalue weighted by Gasteiger charge is -2.09. The molecule has 0 bridgehead atoms. The lowest BCUT2D eigenvalue weighted by molar-refractivity contribution is 0.160. The Kier molecular flexibility index (Phi) is 3.21. The number of nitrogens with two attached hydrogens (primary N) is 1. The minimum Gasteiger partial charge on any atom is -0.390 e. The minimum absolute atomic E-state index is 0.0740. The predicted octanol–water partition coefficient (Wildman–Crippen LogP) is -1.84. The highest BCUT2D eigenvalue weighted by molar-refractivity contribution is 5.00. The summed E-state index contributed by atoms with van der Waals surface area (Å²) >= 11 is 0. The van der Waals surface area contributed by atoms with E-state index < -0.39 is 17.4 Å². The Hall–Kier alpha value is -1.40. The van der Waals surface area contributed by atoms with Crippen LogP contribution in [-0.2, 0) is 6.54 Å². The van der Waals surface area contributed by atoms with Gasteiger partial charge < -0.3 is 10.8 Å². The van der Waals surface area contributed by atoms with E-state index >= 15 is 0 Å². The molecule has 0 aliphatic heterocycles. The number of nitrogens with zero attached hydrogens (tertiary/aromatic N) is 1. The topological polar surface area (TPSA) is 101 Å². The van der Waals surface area contributed by atoms with Crippen LogP contribution in [0.1, 0.15) is 5.56 Å². The molecule has 1 atom stereocenters. The van der Waals surface area contributed by atoms with E-state index in [1.807, 2.05) is 0 Å². The van der Waals surface area contributed by atoms with Crippen molar-refractivity contribution in [1.29, 1.82) is 0 Å². The molecule has 0 saturated carbocycles. The third-order valence-corrected chi connectivity index (χ3v) is 1.87. The van der Waals surface area contributed by atoms with Gasteiger partial charge in [-0.25, -0.2) is 4.79 Å². The largest absolute Gasteiger partial charge is 0.390 e. The van der Waals surface area contributed by atoms with E-state index in [0.717, 1.165) is 0 Å². The van der Waals surface area contributed by atoms with Crippen LogP contribution in [0.25, 0.3) is 0 Å². The van der Waals surface area contributed by atoms with Crippen LogP contribution < -0.4 is 17.0 Å². The van der Waals surface area contributed by atoms with E-state index in [-0.39, 0.29) is 13.1 Å².